The summed E-state index contributed by atoms with van der Waals surface area (Å²) < 4.78 is 19.5. The topological polar surface area (TPSA) is 47.9 Å². The van der Waals surface area contributed by atoms with Gasteiger partial charge in [-0.15, -0.1) is 0 Å². The third-order valence-corrected chi connectivity index (χ3v) is 13.3. The van der Waals surface area contributed by atoms with E-state index in [2.05, 4.69) is 40.4 Å². The minimum Gasteiger partial charge on any atom is -0.410 e. The van der Waals surface area contributed by atoms with Gasteiger partial charge in [0, 0.05) is 12.3 Å². The molecule has 28 heavy (non-hydrogen) atoms. The Balaban J connectivity index is 1.69. The molecule has 1 spiro atoms. The molecule has 5 atom stereocenters. The largest absolute Gasteiger partial charge is 0.410 e. The molecule has 1 N–H and O–H groups in total. The maximum absolute atomic E-state index is 11.2. The molecule has 0 aromatic heterocycles. The SMILES string of the molecule is C=C1C[C@@H](O)C2CCCC3(CCC4(OCCO4)C23)C[C@@H]1O[Si](C)(C)C(C)(C)C. The molecule has 4 fully saturated rings. The zero-order valence-electron chi connectivity index (χ0n) is 18.6. The lowest BCUT2D eigenvalue weighted by Crippen LogP contribution is -2.54. The molecule has 2 bridgehead atoms. The summed E-state index contributed by atoms with van der Waals surface area (Å²) in [6.07, 6.45) is 6.86. The van der Waals surface area contributed by atoms with Gasteiger partial charge in [0.15, 0.2) is 14.1 Å². The number of aliphatic hydroxyl groups is 1. The van der Waals surface area contributed by atoms with E-state index in [0.29, 0.717) is 19.6 Å². The average Bonchev–Trinajstić information content (AvgIpc) is 3.19. The molecule has 1 heterocycles. The molecular formula is C23H40O4Si. The van der Waals surface area contributed by atoms with E-state index in [1.165, 1.54) is 12.8 Å². The molecule has 0 aromatic carbocycles. The van der Waals surface area contributed by atoms with Crippen molar-refractivity contribution >= 4 is 8.32 Å². The minimum atomic E-state index is -1.93. The van der Waals surface area contributed by atoms with E-state index in [9.17, 15) is 5.11 Å². The van der Waals surface area contributed by atoms with Crippen LogP contribution < -0.4 is 0 Å². The first-order chi connectivity index (χ1) is 13.0. The summed E-state index contributed by atoms with van der Waals surface area (Å²) >= 11 is 0. The van der Waals surface area contributed by atoms with Crippen LogP contribution in [0.3, 0.4) is 0 Å². The standard InChI is InChI=1S/C23H40O4Si/c1-16-14-18(24)17-8-7-9-22(10-11-23(20(17)22)25-12-13-26-23)15-19(16)27-28(5,6)21(2,3)4/h17-20,24H,1,7-15H2,2-6H3/t17?,18-,19+,20?,22?/m1/s1. The molecule has 5 heteroatoms. The van der Waals surface area contributed by atoms with Crippen LogP contribution >= 0.6 is 0 Å². The number of hydrogen-bond donors (Lipinski definition) is 1. The summed E-state index contributed by atoms with van der Waals surface area (Å²) in [4.78, 5) is 0. The molecule has 160 valence electrons. The van der Waals surface area contributed by atoms with Gasteiger partial charge >= 0.3 is 0 Å². The Hall–Kier alpha value is -0.203. The highest BCUT2D eigenvalue weighted by atomic mass is 28.4. The Morgan fingerprint density at radius 2 is 1.82 bits per heavy atom. The monoisotopic (exact) mass is 408 g/mol. The van der Waals surface area contributed by atoms with Crippen LogP contribution in [0.2, 0.25) is 18.1 Å². The number of rotatable bonds is 2. The van der Waals surface area contributed by atoms with Crippen LogP contribution in [-0.4, -0.2) is 44.6 Å². The third-order valence-electron chi connectivity index (χ3n) is 8.78. The second-order valence-corrected chi connectivity index (χ2v) is 16.2. The van der Waals surface area contributed by atoms with Crippen molar-refractivity contribution in [2.75, 3.05) is 13.2 Å². The van der Waals surface area contributed by atoms with Gasteiger partial charge in [-0.25, -0.2) is 0 Å². The molecule has 4 aliphatic rings. The fourth-order valence-corrected chi connectivity index (χ4v) is 7.70. The lowest BCUT2D eigenvalue weighted by Gasteiger charge is -2.53. The number of ether oxygens (including phenoxy) is 2. The van der Waals surface area contributed by atoms with E-state index in [4.69, 9.17) is 13.9 Å². The maximum Gasteiger partial charge on any atom is 0.192 e. The van der Waals surface area contributed by atoms with Gasteiger partial charge in [0.05, 0.1) is 25.4 Å². The lowest BCUT2D eigenvalue weighted by molar-refractivity contribution is -0.228. The highest BCUT2D eigenvalue weighted by Gasteiger charge is 2.65. The van der Waals surface area contributed by atoms with Gasteiger partial charge in [0.25, 0.3) is 0 Å². The second kappa shape index (κ2) is 6.91. The number of hydrogen-bond acceptors (Lipinski definition) is 4. The fraction of sp³-hybridized carbons (Fsp3) is 0.913. The average molecular weight is 409 g/mol. The van der Waals surface area contributed by atoms with Gasteiger partial charge < -0.3 is 19.0 Å². The van der Waals surface area contributed by atoms with Crippen molar-refractivity contribution < 1.29 is 19.0 Å². The summed E-state index contributed by atoms with van der Waals surface area (Å²) in [5.41, 5.74) is 1.24. The zero-order chi connectivity index (χ0) is 20.4. The quantitative estimate of drug-likeness (QED) is 0.514. The molecule has 3 saturated carbocycles. The van der Waals surface area contributed by atoms with E-state index in [1.54, 1.807) is 0 Å². The highest BCUT2D eigenvalue weighted by Crippen LogP contribution is 2.65. The minimum absolute atomic E-state index is 0.0358. The Labute approximate surface area is 172 Å². The van der Waals surface area contributed by atoms with E-state index < -0.39 is 14.1 Å². The van der Waals surface area contributed by atoms with Crippen LogP contribution in [0, 0.1) is 17.3 Å². The van der Waals surface area contributed by atoms with Crippen LogP contribution in [0.5, 0.6) is 0 Å². The molecule has 4 rings (SSSR count). The van der Waals surface area contributed by atoms with E-state index in [0.717, 1.165) is 31.3 Å². The molecule has 3 unspecified atom stereocenters. The van der Waals surface area contributed by atoms with Crippen LogP contribution in [0.1, 0.15) is 65.7 Å². The first kappa shape index (κ1) is 21.0. The van der Waals surface area contributed by atoms with E-state index in [1.807, 2.05) is 0 Å². The second-order valence-electron chi connectivity index (χ2n) is 11.4. The molecule has 3 aliphatic carbocycles. The Morgan fingerprint density at radius 3 is 2.46 bits per heavy atom. The van der Waals surface area contributed by atoms with Crippen LogP contribution in [0.25, 0.3) is 0 Å². The lowest BCUT2D eigenvalue weighted by atomic mass is 9.56. The predicted octanol–water partition coefficient (Wildman–Crippen LogP) is 5.03. The van der Waals surface area contributed by atoms with Gasteiger partial charge in [0.1, 0.15) is 0 Å². The molecule has 0 radical (unpaired) electrons. The zero-order valence-corrected chi connectivity index (χ0v) is 19.6. The van der Waals surface area contributed by atoms with Gasteiger partial charge in [0.2, 0.25) is 0 Å². The molecule has 1 aliphatic heterocycles. The van der Waals surface area contributed by atoms with Crippen molar-refractivity contribution in [1.29, 1.82) is 0 Å². The first-order valence-electron chi connectivity index (χ1n) is 11.3. The van der Waals surface area contributed by atoms with Gasteiger partial charge in [-0.05, 0) is 67.1 Å². The first-order valence-corrected chi connectivity index (χ1v) is 14.2. The van der Waals surface area contributed by atoms with Crippen molar-refractivity contribution in [2.24, 2.45) is 17.3 Å². The van der Waals surface area contributed by atoms with Crippen molar-refractivity contribution in [1.82, 2.24) is 0 Å². The number of aliphatic hydroxyl groups excluding tert-OH is 1. The van der Waals surface area contributed by atoms with Crippen molar-refractivity contribution in [3.63, 3.8) is 0 Å². The third kappa shape index (κ3) is 3.26. The fourth-order valence-electron chi connectivity index (χ4n) is 6.38. The highest BCUT2D eigenvalue weighted by molar-refractivity contribution is 6.74. The Morgan fingerprint density at radius 1 is 1.14 bits per heavy atom. The van der Waals surface area contributed by atoms with Crippen molar-refractivity contribution in [3.05, 3.63) is 12.2 Å². The summed E-state index contributed by atoms with van der Waals surface area (Å²) in [5.74, 6) is 0.0662. The van der Waals surface area contributed by atoms with E-state index >= 15 is 0 Å². The van der Waals surface area contributed by atoms with Crippen molar-refractivity contribution in [2.45, 2.75) is 102 Å². The molecule has 0 amide bonds. The maximum atomic E-state index is 11.2. The molecule has 4 nitrogen and oxygen atoms in total. The summed E-state index contributed by atoms with van der Waals surface area (Å²) in [6.45, 7) is 17.3. The van der Waals surface area contributed by atoms with Gasteiger partial charge in [-0.2, -0.15) is 0 Å². The van der Waals surface area contributed by atoms with Crippen molar-refractivity contribution in [3.8, 4) is 0 Å². The molecule has 1 saturated heterocycles. The Kier molecular flexibility index (Phi) is 5.19. The Bertz CT molecular complexity index is 619. The van der Waals surface area contributed by atoms with Gasteiger partial charge in [-0.1, -0.05) is 33.8 Å². The predicted molar refractivity (Wildman–Crippen MR) is 114 cm³/mol. The summed E-state index contributed by atoms with van der Waals surface area (Å²) in [7, 11) is -1.93. The normalized spacial score (nSPS) is 41.0. The summed E-state index contributed by atoms with van der Waals surface area (Å²) in [5, 5.41) is 11.4. The van der Waals surface area contributed by atoms with Crippen LogP contribution in [0.15, 0.2) is 12.2 Å². The van der Waals surface area contributed by atoms with Gasteiger partial charge in [-0.3, -0.25) is 0 Å². The van der Waals surface area contributed by atoms with Crippen LogP contribution in [0.4, 0.5) is 0 Å². The van der Waals surface area contributed by atoms with E-state index in [-0.39, 0.29) is 34.5 Å². The smallest absolute Gasteiger partial charge is 0.192 e. The van der Waals surface area contributed by atoms with Crippen LogP contribution in [-0.2, 0) is 13.9 Å². The molecule has 0 aromatic rings. The molecular weight excluding hydrogens is 368 g/mol. The summed E-state index contributed by atoms with van der Waals surface area (Å²) in [6, 6.07) is 0.